The van der Waals surface area contributed by atoms with Crippen LogP contribution in [-0.2, 0) is 4.74 Å². The van der Waals surface area contributed by atoms with Crippen molar-refractivity contribution >= 4 is 16.7 Å². The summed E-state index contributed by atoms with van der Waals surface area (Å²) in [6.07, 6.45) is 1.45. The van der Waals surface area contributed by atoms with Crippen molar-refractivity contribution < 1.29 is 9.47 Å². The number of morpholine rings is 1. The molecule has 0 amide bonds. The Labute approximate surface area is 106 Å². The smallest absolute Gasteiger partial charge is 0.330 e. The fraction of sp³-hybridized carbons (Fsp3) is 0.818. The van der Waals surface area contributed by atoms with Crippen LogP contribution in [0, 0.1) is 0 Å². The van der Waals surface area contributed by atoms with Crippen LogP contribution in [0.5, 0.6) is 6.01 Å². The molecule has 0 spiro atoms. The monoisotopic (exact) mass is 257 g/mol. The summed E-state index contributed by atoms with van der Waals surface area (Å²) in [6, 6.07) is 0.499. The van der Waals surface area contributed by atoms with Crippen LogP contribution in [0.1, 0.15) is 27.2 Å². The second-order valence-corrected chi connectivity index (χ2v) is 5.10. The second kappa shape index (κ2) is 5.64. The molecular formula is C11H19N3O2S. The molecule has 1 aromatic heterocycles. The largest absolute Gasteiger partial charge is 0.463 e. The number of rotatable bonds is 4. The predicted octanol–water partition coefficient (Wildman–Crippen LogP) is 1.94. The average molecular weight is 257 g/mol. The van der Waals surface area contributed by atoms with Crippen LogP contribution in [-0.4, -0.2) is 41.3 Å². The standard InChI is InChI=1S/C11H19N3O2S/c1-4-5-15-10-12-11(17-13-10)14-6-8(2)16-9(3)7-14/h8-9H,4-7H2,1-3H3. The normalized spacial score (nSPS) is 25.0. The van der Waals surface area contributed by atoms with Crippen LogP contribution in [0.4, 0.5) is 5.13 Å². The van der Waals surface area contributed by atoms with E-state index >= 15 is 0 Å². The highest BCUT2D eigenvalue weighted by Gasteiger charge is 2.24. The minimum Gasteiger partial charge on any atom is -0.463 e. The topological polar surface area (TPSA) is 47.5 Å². The molecule has 96 valence electrons. The lowest BCUT2D eigenvalue weighted by atomic mass is 10.2. The van der Waals surface area contributed by atoms with Crippen molar-refractivity contribution in [3.63, 3.8) is 0 Å². The van der Waals surface area contributed by atoms with Crippen molar-refractivity contribution in [2.24, 2.45) is 0 Å². The number of aromatic nitrogens is 2. The zero-order valence-corrected chi connectivity index (χ0v) is 11.4. The highest BCUT2D eigenvalue weighted by molar-refractivity contribution is 7.09. The van der Waals surface area contributed by atoms with Crippen molar-refractivity contribution in [3.05, 3.63) is 0 Å². The van der Waals surface area contributed by atoms with Crippen LogP contribution in [0.15, 0.2) is 0 Å². The molecule has 0 aliphatic carbocycles. The van der Waals surface area contributed by atoms with E-state index < -0.39 is 0 Å². The summed E-state index contributed by atoms with van der Waals surface area (Å²) in [5.74, 6) is 0. The first kappa shape index (κ1) is 12.6. The number of hydrogen-bond donors (Lipinski definition) is 0. The van der Waals surface area contributed by atoms with Crippen LogP contribution in [0.3, 0.4) is 0 Å². The minimum atomic E-state index is 0.239. The molecule has 1 saturated heterocycles. The van der Waals surface area contributed by atoms with Gasteiger partial charge in [0.05, 0.1) is 18.8 Å². The third-order valence-electron chi connectivity index (χ3n) is 2.52. The molecule has 17 heavy (non-hydrogen) atoms. The zero-order valence-electron chi connectivity index (χ0n) is 10.5. The van der Waals surface area contributed by atoms with Gasteiger partial charge in [0.2, 0.25) is 5.13 Å². The van der Waals surface area contributed by atoms with Gasteiger partial charge in [-0.1, -0.05) is 6.92 Å². The molecule has 1 fully saturated rings. The van der Waals surface area contributed by atoms with Gasteiger partial charge in [0.15, 0.2) is 0 Å². The Morgan fingerprint density at radius 1 is 1.41 bits per heavy atom. The molecule has 0 radical (unpaired) electrons. The van der Waals surface area contributed by atoms with Gasteiger partial charge >= 0.3 is 6.01 Å². The number of ether oxygens (including phenoxy) is 2. The molecule has 1 aliphatic rings. The summed E-state index contributed by atoms with van der Waals surface area (Å²) in [6.45, 7) is 8.64. The van der Waals surface area contributed by atoms with Crippen molar-refractivity contribution in [2.75, 3.05) is 24.6 Å². The van der Waals surface area contributed by atoms with Crippen LogP contribution in [0.25, 0.3) is 0 Å². The molecule has 0 aromatic carbocycles. The van der Waals surface area contributed by atoms with Gasteiger partial charge in [-0.3, -0.25) is 0 Å². The molecule has 6 heteroatoms. The summed E-state index contributed by atoms with van der Waals surface area (Å²) in [5.41, 5.74) is 0. The van der Waals surface area contributed by atoms with Gasteiger partial charge in [-0.2, -0.15) is 4.98 Å². The van der Waals surface area contributed by atoms with Gasteiger partial charge < -0.3 is 14.4 Å². The van der Waals surface area contributed by atoms with E-state index in [1.807, 2.05) is 0 Å². The van der Waals surface area contributed by atoms with Gasteiger partial charge in [-0.15, -0.1) is 4.37 Å². The van der Waals surface area contributed by atoms with Gasteiger partial charge in [-0.25, -0.2) is 0 Å². The lowest BCUT2D eigenvalue weighted by Crippen LogP contribution is -2.45. The van der Waals surface area contributed by atoms with E-state index in [1.54, 1.807) is 0 Å². The Bertz CT molecular complexity index is 348. The molecule has 0 saturated carbocycles. The molecule has 1 aromatic rings. The molecule has 2 atom stereocenters. The maximum absolute atomic E-state index is 5.69. The third-order valence-corrected chi connectivity index (χ3v) is 3.28. The molecule has 0 bridgehead atoms. The molecule has 2 heterocycles. The Balaban J connectivity index is 1.98. The van der Waals surface area contributed by atoms with E-state index in [-0.39, 0.29) is 12.2 Å². The molecule has 1 aliphatic heterocycles. The van der Waals surface area contributed by atoms with Crippen LogP contribution < -0.4 is 9.64 Å². The van der Waals surface area contributed by atoms with E-state index in [4.69, 9.17) is 9.47 Å². The van der Waals surface area contributed by atoms with E-state index in [1.165, 1.54) is 11.5 Å². The van der Waals surface area contributed by atoms with E-state index in [0.717, 1.165) is 24.6 Å². The second-order valence-electron chi connectivity index (χ2n) is 4.37. The van der Waals surface area contributed by atoms with Crippen molar-refractivity contribution in [1.82, 2.24) is 9.36 Å². The first-order chi connectivity index (χ1) is 8.19. The lowest BCUT2D eigenvalue weighted by Gasteiger charge is -2.34. The maximum Gasteiger partial charge on any atom is 0.330 e. The van der Waals surface area contributed by atoms with Gasteiger partial charge in [0.25, 0.3) is 0 Å². The fourth-order valence-electron chi connectivity index (χ4n) is 1.92. The van der Waals surface area contributed by atoms with Crippen LogP contribution in [0.2, 0.25) is 0 Å². The summed E-state index contributed by atoms with van der Waals surface area (Å²) >= 11 is 1.39. The fourth-order valence-corrected chi connectivity index (χ4v) is 2.55. The van der Waals surface area contributed by atoms with Crippen LogP contribution >= 0.6 is 11.5 Å². The Hall–Kier alpha value is -0.880. The van der Waals surface area contributed by atoms with E-state index in [2.05, 4.69) is 35.0 Å². The van der Waals surface area contributed by atoms with E-state index in [0.29, 0.717) is 12.6 Å². The van der Waals surface area contributed by atoms with Crippen molar-refractivity contribution in [1.29, 1.82) is 0 Å². The first-order valence-electron chi connectivity index (χ1n) is 6.06. The van der Waals surface area contributed by atoms with Crippen molar-refractivity contribution in [2.45, 2.75) is 39.4 Å². The highest BCUT2D eigenvalue weighted by Crippen LogP contribution is 2.24. The quantitative estimate of drug-likeness (QED) is 0.825. The van der Waals surface area contributed by atoms with Gasteiger partial charge in [0, 0.05) is 24.6 Å². The Kier molecular flexibility index (Phi) is 4.17. The molecule has 0 N–H and O–H groups in total. The average Bonchev–Trinajstić information content (AvgIpc) is 2.73. The van der Waals surface area contributed by atoms with Gasteiger partial charge in [0.1, 0.15) is 0 Å². The number of hydrogen-bond acceptors (Lipinski definition) is 6. The SMILES string of the molecule is CCCOc1nsc(N2CC(C)OC(C)C2)n1. The van der Waals surface area contributed by atoms with Gasteiger partial charge in [-0.05, 0) is 20.3 Å². The predicted molar refractivity (Wildman–Crippen MR) is 67.9 cm³/mol. The number of nitrogens with zero attached hydrogens (tertiary/aromatic N) is 3. The molecule has 5 nitrogen and oxygen atoms in total. The number of anilines is 1. The summed E-state index contributed by atoms with van der Waals surface area (Å²) in [5, 5.41) is 0.929. The first-order valence-corrected chi connectivity index (χ1v) is 6.83. The molecule has 2 unspecified atom stereocenters. The highest BCUT2D eigenvalue weighted by atomic mass is 32.1. The Morgan fingerprint density at radius 3 is 2.76 bits per heavy atom. The summed E-state index contributed by atoms with van der Waals surface area (Å²) in [4.78, 5) is 6.61. The summed E-state index contributed by atoms with van der Waals surface area (Å²) < 4.78 is 15.3. The zero-order chi connectivity index (χ0) is 12.3. The molecular weight excluding hydrogens is 238 g/mol. The molecule has 2 rings (SSSR count). The van der Waals surface area contributed by atoms with E-state index in [9.17, 15) is 0 Å². The Morgan fingerprint density at radius 2 is 2.12 bits per heavy atom. The maximum atomic E-state index is 5.69. The third kappa shape index (κ3) is 3.29. The van der Waals surface area contributed by atoms with Crippen molar-refractivity contribution in [3.8, 4) is 6.01 Å². The lowest BCUT2D eigenvalue weighted by molar-refractivity contribution is -0.00525. The minimum absolute atomic E-state index is 0.239. The summed E-state index contributed by atoms with van der Waals surface area (Å²) in [7, 11) is 0.